The topological polar surface area (TPSA) is 416 Å². The maximum atomic E-state index is 12.5. The van der Waals surface area contributed by atoms with Crippen LogP contribution in [0.1, 0.15) is 234 Å². The summed E-state index contributed by atoms with van der Waals surface area (Å²) in [5, 5.41) is 74.6. The Kier molecular flexibility index (Phi) is 24.2. The maximum absolute atomic E-state index is 12.5. The number of nitrogens with one attached hydrogen (secondary N) is 4. The lowest BCUT2D eigenvalue weighted by atomic mass is 9.80. The molecule has 2 atom stereocenters. The maximum Gasteiger partial charge on any atom is 0.178 e. The number of aromatic nitrogens is 21. The summed E-state index contributed by atoms with van der Waals surface area (Å²) >= 11 is 0. The first-order chi connectivity index (χ1) is 64.2. The van der Waals surface area contributed by atoms with E-state index in [2.05, 4.69) is 104 Å². The van der Waals surface area contributed by atoms with Gasteiger partial charge in [0.15, 0.2) is 16.8 Å². The van der Waals surface area contributed by atoms with Crippen LogP contribution in [-0.4, -0.2) is 126 Å². The van der Waals surface area contributed by atoms with Gasteiger partial charge in [-0.15, -0.1) is 0 Å². The molecule has 29 heteroatoms. The van der Waals surface area contributed by atoms with Crippen molar-refractivity contribution in [3.63, 3.8) is 0 Å². The van der Waals surface area contributed by atoms with Crippen molar-refractivity contribution < 1.29 is 38.5 Å². The second-order valence-corrected chi connectivity index (χ2v) is 34.6. The Morgan fingerprint density at radius 2 is 0.548 bits per heavy atom. The van der Waals surface area contributed by atoms with E-state index in [0.29, 0.717) is 108 Å². The SMILES string of the molecule is C.C.C.Cc1noc(C)c1-c1cc(C(O)(c2ccccn2)c2ccccn2)c2nc(C3CC3)[nH]c2c1.Cc1noc(C)c1-c1cc(C(O)(c2ccccn2)c2cccnn2)c2nc(C3CC3)[nH]c2c1.Cc1noc(C)c1-c1cc(C(O)(c2cccnc2)c2ccccn2)c2nc(C3CC3)[nH]c2c1.Cc1noc(C)c1-c1cc(C(O)(c2cccnc2)c2cccnc2)c2nc(C3CC3)[nH]c2c1. The summed E-state index contributed by atoms with van der Waals surface area (Å²) in [6, 6.07) is 52.7. The van der Waals surface area contributed by atoms with Crippen molar-refractivity contribution in [2.75, 3.05) is 0 Å². The first-order valence-corrected chi connectivity index (χ1v) is 44.2. The van der Waals surface area contributed by atoms with Crippen LogP contribution in [0, 0.1) is 55.4 Å². The number of imidazole rings is 4. The van der Waals surface area contributed by atoms with E-state index in [0.717, 1.165) is 192 Å². The number of H-pyrrole nitrogens is 4. The van der Waals surface area contributed by atoms with Crippen LogP contribution in [0.4, 0.5) is 0 Å². The molecule has 0 spiro atoms. The molecule has 20 aromatic rings. The van der Waals surface area contributed by atoms with Crippen LogP contribution in [0.15, 0.2) is 256 Å². The fraction of sp³-hybridized carbons (Fsp3) is 0.255. The highest BCUT2D eigenvalue weighted by Gasteiger charge is 2.46. The minimum atomic E-state index is -1.67. The third-order valence-electron chi connectivity index (χ3n) is 25.4. The zero-order chi connectivity index (χ0) is 90.3. The molecule has 4 aromatic carbocycles. The number of aryl methyl sites for hydroxylation is 8. The Morgan fingerprint density at radius 1 is 0.289 bits per heavy atom. The van der Waals surface area contributed by atoms with Crippen molar-refractivity contribution in [3.05, 3.63) is 375 Å². The molecular weight excluding hydrogens is 1700 g/mol. The Bertz CT molecular complexity index is 6480. The lowest BCUT2D eigenvalue weighted by Gasteiger charge is -2.30. The molecule has 0 aliphatic heterocycles. The predicted molar refractivity (Wildman–Crippen MR) is 512 cm³/mol. The third-order valence-corrected chi connectivity index (χ3v) is 25.4. The Morgan fingerprint density at radius 3 is 0.793 bits per heavy atom. The van der Waals surface area contributed by atoms with Gasteiger partial charge < -0.3 is 58.5 Å². The predicted octanol–water partition coefficient (Wildman–Crippen LogP) is 20.4. The molecule has 0 saturated heterocycles. The van der Waals surface area contributed by atoms with Crippen molar-refractivity contribution in [2.24, 2.45) is 0 Å². The van der Waals surface area contributed by atoms with Crippen LogP contribution >= 0.6 is 0 Å². The van der Waals surface area contributed by atoms with Gasteiger partial charge in [-0.3, -0.25) is 34.9 Å². The van der Waals surface area contributed by atoms with Gasteiger partial charge in [0.25, 0.3) is 0 Å². The largest absolute Gasteiger partial charge is 0.376 e. The molecule has 16 aromatic heterocycles. The molecular formula is C106H103N21O8. The average Bonchev–Trinajstić information content (AvgIpc) is 1.61. The molecule has 680 valence electrons. The average molecular weight is 1800 g/mol. The van der Waals surface area contributed by atoms with Gasteiger partial charge in [0.05, 0.1) is 89.7 Å². The lowest BCUT2D eigenvalue weighted by Crippen LogP contribution is -2.32. The van der Waals surface area contributed by atoms with E-state index in [1.807, 2.05) is 189 Å². The highest BCUT2D eigenvalue weighted by Crippen LogP contribution is 2.51. The molecule has 0 amide bonds. The van der Waals surface area contributed by atoms with Gasteiger partial charge in [0.2, 0.25) is 0 Å². The Hall–Kier alpha value is -15.4. The molecule has 4 fully saturated rings. The van der Waals surface area contributed by atoms with Crippen LogP contribution in [0.5, 0.6) is 0 Å². The van der Waals surface area contributed by atoms with Gasteiger partial charge in [-0.1, -0.05) is 85.4 Å². The van der Waals surface area contributed by atoms with Gasteiger partial charge >= 0.3 is 0 Å². The van der Waals surface area contributed by atoms with E-state index in [9.17, 15) is 20.4 Å². The quantitative estimate of drug-likeness (QED) is 0.0351. The zero-order valence-electron chi connectivity index (χ0n) is 73.5. The van der Waals surface area contributed by atoms with Crippen LogP contribution in [-0.2, 0) is 22.4 Å². The van der Waals surface area contributed by atoms with Gasteiger partial charge in [0, 0.05) is 153 Å². The molecule has 4 saturated carbocycles. The molecule has 16 heterocycles. The molecule has 0 bridgehead atoms. The second kappa shape index (κ2) is 36.3. The van der Waals surface area contributed by atoms with E-state index in [-0.39, 0.29) is 22.3 Å². The molecule has 135 heavy (non-hydrogen) atoms. The lowest BCUT2D eigenvalue weighted by molar-refractivity contribution is 0.116. The standard InChI is InChI=1S/3C26H23N5O2.C25H22N6O2.3CH4/c1-15-23(16(2)33-31-15)18-11-21(24-22(12-18)29-25(30-24)17-7-8-17)26(32,19-5-3-9-27-13-19)20-6-4-10-28-14-20;1-15-23(16(2)33-31-15)18-13-19(24-20(14-18)29-25(30-24)17-9-10-17)26(32,21-7-3-5-11-27-21)22-8-4-6-12-28-22;1-15-23(16(2)33-31-15)18-12-20(24-21(13-18)29-25(30-24)17-8-9-17)26(32,19-6-5-10-27-14-19)22-7-3-4-11-28-22;1-14-22(15(2)33-31-14)17-12-18(23-19(13-17)28-24(29-23)16-8-9-16)25(32,20-6-3-4-10-26-20)21-7-5-11-27-30-21;;;/h3-6,9-14,17,32H,7-8H2,1-2H3,(H,29,30);3-8,11-14,17,32H,9-10H2,1-2H3,(H,29,30);3-7,10-14,17,32H,8-9H2,1-2H3,(H,29,30);3-7,10-13,16,32H,8-9H2,1-2H3,(H,28,29);3*1H4. The van der Waals surface area contributed by atoms with E-state index >= 15 is 0 Å². The monoisotopic (exact) mass is 1800 g/mol. The highest BCUT2D eigenvalue weighted by atomic mass is 16.5. The first-order valence-electron chi connectivity index (χ1n) is 44.2. The third kappa shape index (κ3) is 16.5. The van der Waals surface area contributed by atoms with E-state index < -0.39 is 22.4 Å². The Labute approximate surface area is 778 Å². The molecule has 29 nitrogen and oxygen atoms in total. The van der Waals surface area contributed by atoms with Crippen molar-refractivity contribution in [1.82, 2.24) is 106 Å². The van der Waals surface area contributed by atoms with Gasteiger partial charge in [0.1, 0.15) is 57.6 Å². The minimum absolute atomic E-state index is 0. The van der Waals surface area contributed by atoms with Gasteiger partial charge in [-0.2, -0.15) is 10.2 Å². The minimum Gasteiger partial charge on any atom is -0.376 e. The number of hydrogen-bond donors (Lipinski definition) is 8. The smallest absolute Gasteiger partial charge is 0.178 e. The van der Waals surface area contributed by atoms with E-state index in [1.54, 1.807) is 86.4 Å². The van der Waals surface area contributed by atoms with Crippen molar-refractivity contribution in [3.8, 4) is 44.5 Å². The summed E-state index contributed by atoms with van der Waals surface area (Å²) in [6.45, 7) is 15.2. The molecule has 4 aliphatic carbocycles. The van der Waals surface area contributed by atoms with Gasteiger partial charge in [-0.25, -0.2) is 19.9 Å². The number of aliphatic hydroxyl groups is 4. The number of aromatic amines is 4. The van der Waals surface area contributed by atoms with Crippen molar-refractivity contribution in [2.45, 2.75) is 175 Å². The first kappa shape index (κ1) is 90.1. The highest BCUT2D eigenvalue weighted by molar-refractivity contribution is 5.92. The zero-order valence-corrected chi connectivity index (χ0v) is 73.5. The number of benzene rings is 4. The van der Waals surface area contributed by atoms with Gasteiger partial charge in [-0.05, 0) is 256 Å². The number of pyridine rings is 7. The van der Waals surface area contributed by atoms with Crippen LogP contribution in [0.2, 0.25) is 0 Å². The fourth-order valence-electron chi connectivity index (χ4n) is 18.3. The molecule has 2 unspecified atom stereocenters. The summed E-state index contributed by atoms with van der Waals surface area (Å²) in [4.78, 5) is 64.8. The Balaban J connectivity index is 0.000000119. The van der Waals surface area contributed by atoms with Crippen molar-refractivity contribution >= 4 is 44.1 Å². The second-order valence-electron chi connectivity index (χ2n) is 34.6. The summed E-state index contributed by atoms with van der Waals surface area (Å²) < 4.78 is 21.8. The van der Waals surface area contributed by atoms with E-state index in [1.165, 1.54) is 0 Å². The number of hydrogen-bond acceptors (Lipinski definition) is 25. The number of rotatable bonds is 20. The summed E-state index contributed by atoms with van der Waals surface area (Å²) in [6.07, 6.45) is 27.4. The molecule has 0 radical (unpaired) electrons. The van der Waals surface area contributed by atoms with Crippen LogP contribution in [0.3, 0.4) is 0 Å². The van der Waals surface area contributed by atoms with Crippen molar-refractivity contribution in [1.29, 1.82) is 0 Å². The normalized spacial score (nSPS) is 14.5. The number of nitrogens with zero attached hydrogens (tertiary/aromatic N) is 17. The molecule has 24 rings (SSSR count). The molecule has 8 N–H and O–H groups in total. The van der Waals surface area contributed by atoms with Crippen LogP contribution < -0.4 is 0 Å². The number of fused-ring (bicyclic) bond motifs is 4. The summed E-state index contributed by atoms with van der Waals surface area (Å²) in [5.41, 5.74) is 17.0. The molecule has 4 aliphatic rings. The fourth-order valence-corrected chi connectivity index (χ4v) is 18.3. The van der Waals surface area contributed by atoms with Crippen LogP contribution in [0.25, 0.3) is 88.6 Å². The summed E-state index contributed by atoms with van der Waals surface area (Å²) in [5.74, 6) is 8.42. The van der Waals surface area contributed by atoms with E-state index in [4.69, 9.17) is 38.0 Å². The summed E-state index contributed by atoms with van der Waals surface area (Å²) in [7, 11) is 0.